The van der Waals surface area contributed by atoms with Gasteiger partial charge in [-0.2, -0.15) is 0 Å². The van der Waals surface area contributed by atoms with Crippen LogP contribution in [-0.4, -0.2) is 56.2 Å². The summed E-state index contributed by atoms with van der Waals surface area (Å²) in [6, 6.07) is 13.2. The van der Waals surface area contributed by atoms with Crippen molar-refractivity contribution in [3.63, 3.8) is 0 Å². The van der Waals surface area contributed by atoms with Gasteiger partial charge in [0, 0.05) is 55.0 Å². The Labute approximate surface area is 218 Å². The van der Waals surface area contributed by atoms with Crippen LogP contribution in [0.1, 0.15) is 45.7 Å². The van der Waals surface area contributed by atoms with Crippen LogP contribution in [0.15, 0.2) is 54.9 Å². The molecule has 37 heavy (non-hydrogen) atoms. The molecule has 1 fully saturated rings. The quantitative estimate of drug-likeness (QED) is 0.457. The standard InChI is InChI=1S/C29H35N5O3/c1-5-33(6-2)24-9-10-26(21(4)15-24)29(36)32-27-17-23(8-7-20(27)3)31-28(35)22-16-25(19-30-18-22)34-11-13-37-14-12-34/h7-10,15-19H,5-6,11-14H2,1-4H3,(H,31,35)(H,32,36). The highest BCUT2D eigenvalue weighted by Crippen LogP contribution is 2.24. The maximum absolute atomic E-state index is 13.1. The van der Waals surface area contributed by atoms with Crippen LogP contribution in [0.4, 0.5) is 22.7 Å². The minimum Gasteiger partial charge on any atom is -0.378 e. The Morgan fingerprint density at radius 2 is 1.68 bits per heavy atom. The number of amides is 2. The van der Waals surface area contributed by atoms with Gasteiger partial charge in [0.1, 0.15) is 0 Å². The second-order valence-electron chi connectivity index (χ2n) is 9.14. The molecule has 0 unspecified atom stereocenters. The summed E-state index contributed by atoms with van der Waals surface area (Å²) in [4.78, 5) is 34.8. The van der Waals surface area contributed by atoms with Crippen LogP contribution < -0.4 is 20.4 Å². The van der Waals surface area contributed by atoms with Crippen molar-refractivity contribution in [2.24, 2.45) is 0 Å². The van der Waals surface area contributed by atoms with Crippen LogP contribution in [0, 0.1) is 13.8 Å². The summed E-state index contributed by atoms with van der Waals surface area (Å²) in [6.07, 6.45) is 3.32. The second kappa shape index (κ2) is 11.9. The van der Waals surface area contributed by atoms with Crippen LogP contribution in [0.25, 0.3) is 0 Å². The molecule has 2 heterocycles. The zero-order valence-electron chi connectivity index (χ0n) is 22.0. The Hall–Kier alpha value is -3.91. The molecule has 0 saturated carbocycles. The summed E-state index contributed by atoms with van der Waals surface area (Å²) in [6.45, 7) is 12.8. The predicted molar refractivity (Wildman–Crippen MR) is 149 cm³/mol. The largest absolute Gasteiger partial charge is 0.378 e. The summed E-state index contributed by atoms with van der Waals surface area (Å²) >= 11 is 0. The fourth-order valence-corrected chi connectivity index (χ4v) is 4.46. The first-order valence-electron chi connectivity index (χ1n) is 12.8. The first-order valence-corrected chi connectivity index (χ1v) is 12.8. The van der Waals surface area contributed by atoms with Crippen molar-refractivity contribution in [1.82, 2.24) is 4.98 Å². The van der Waals surface area contributed by atoms with E-state index in [0.717, 1.165) is 48.7 Å². The van der Waals surface area contributed by atoms with E-state index < -0.39 is 0 Å². The number of morpholine rings is 1. The van der Waals surface area contributed by atoms with Gasteiger partial charge in [-0.05, 0) is 75.2 Å². The molecule has 1 aliphatic rings. The Balaban J connectivity index is 1.47. The summed E-state index contributed by atoms with van der Waals surface area (Å²) < 4.78 is 5.41. The topological polar surface area (TPSA) is 86.8 Å². The number of aromatic nitrogens is 1. The third-order valence-electron chi connectivity index (χ3n) is 6.69. The Bertz CT molecular complexity index is 1270. The van der Waals surface area contributed by atoms with E-state index in [1.165, 1.54) is 0 Å². The van der Waals surface area contributed by atoms with E-state index in [2.05, 4.69) is 39.3 Å². The van der Waals surface area contributed by atoms with Crippen molar-refractivity contribution in [1.29, 1.82) is 0 Å². The van der Waals surface area contributed by atoms with E-state index in [4.69, 9.17) is 4.74 Å². The predicted octanol–water partition coefficient (Wildman–Crippen LogP) is 4.89. The molecule has 194 valence electrons. The Kier molecular flexibility index (Phi) is 8.40. The number of aryl methyl sites for hydroxylation is 2. The molecule has 8 nitrogen and oxygen atoms in total. The molecule has 4 rings (SSSR count). The maximum Gasteiger partial charge on any atom is 0.257 e. The molecule has 2 amide bonds. The second-order valence-corrected chi connectivity index (χ2v) is 9.14. The fourth-order valence-electron chi connectivity index (χ4n) is 4.46. The number of anilines is 4. The van der Waals surface area contributed by atoms with Gasteiger partial charge in [-0.3, -0.25) is 14.6 Å². The number of ether oxygens (including phenoxy) is 1. The zero-order valence-corrected chi connectivity index (χ0v) is 22.0. The number of pyridine rings is 1. The Morgan fingerprint density at radius 1 is 0.919 bits per heavy atom. The van der Waals surface area contributed by atoms with Gasteiger partial charge in [-0.1, -0.05) is 6.07 Å². The SMILES string of the molecule is CCN(CC)c1ccc(C(=O)Nc2cc(NC(=O)c3cncc(N4CCOCC4)c3)ccc2C)c(C)c1. The molecule has 1 aliphatic heterocycles. The van der Waals surface area contributed by atoms with Gasteiger partial charge in [-0.15, -0.1) is 0 Å². The lowest BCUT2D eigenvalue weighted by molar-refractivity contribution is 0.101. The molecule has 0 atom stereocenters. The molecule has 3 aromatic rings. The number of hydrogen-bond acceptors (Lipinski definition) is 6. The van der Waals surface area contributed by atoms with Crippen molar-refractivity contribution < 1.29 is 14.3 Å². The van der Waals surface area contributed by atoms with E-state index in [-0.39, 0.29) is 11.8 Å². The van der Waals surface area contributed by atoms with Crippen LogP contribution in [0.2, 0.25) is 0 Å². The first-order chi connectivity index (χ1) is 17.9. The number of nitrogens with zero attached hydrogens (tertiary/aromatic N) is 3. The van der Waals surface area contributed by atoms with Crippen molar-refractivity contribution in [2.45, 2.75) is 27.7 Å². The van der Waals surface area contributed by atoms with Crippen molar-refractivity contribution in [3.05, 3.63) is 77.1 Å². The van der Waals surface area contributed by atoms with Crippen molar-refractivity contribution in [2.75, 3.05) is 59.8 Å². The minimum absolute atomic E-state index is 0.183. The zero-order chi connectivity index (χ0) is 26.4. The fraction of sp³-hybridized carbons (Fsp3) is 0.345. The monoisotopic (exact) mass is 501 g/mol. The molecule has 2 aromatic carbocycles. The van der Waals surface area contributed by atoms with Gasteiger partial charge in [0.25, 0.3) is 11.8 Å². The highest BCUT2D eigenvalue weighted by molar-refractivity contribution is 6.07. The van der Waals surface area contributed by atoms with E-state index >= 15 is 0 Å². The van der Waals surface area contributed by atoms with Gasteiger partial charge >= 0.3 is 0 Å². The molecule has 0 spiro atoms. The van der Waals surface area contributed by atoms with Crippen LogP contribution in [0.5, 0.6) is 0 Å². The minimum atomic E-state index is -0.258. The summed E-state index contributed by atoms with van der Waals surface area (Å²) in [7, 11) is 0. The third kappa shape index (κ3) is 6.27. The average Bonchev–Trinajstić information content (AvgIpc) is 2.92. The maximum atomic E-state index is 13.1. The number of carbonyl (C=O) groups excluding carboxylic acids is 2. The van der Waals surface area contributed by atoms with Crippen LogP contribution in [-0.2, 0) is 4.74 Å². The van der Waals surface area contributed by atoms with E-state index in [0.29, 0.717) is 35.7 Å². The Morgan fingerprint density at radius 3 is 2.38 bits per heavy atom. The summed E-state index contributed by atoms with van der Waals surface area (Å²) in [5, 5.41) is 5.95. The van der Waals surface area contributed by atoms with E-state index in [1.807, 2.05) is 50.2 Å². The lowest BCUT2D eigenvalue weighted by atomic mass is 10.1. The number of carbonyl (C=O) groups is 2. The number of benzene rings is 2. The molecule has 0 radical (unpaired) electrons. The van der Waals surface area contributed by atoms with Gasteiger partial charge in [-0.25, -0.2) is 0 Å². The van der Waals surface area contributed by atoms with Gasteiger partial charge in [0.15, 0.2) is 0 Å². The number of rotatable bonds is 8. The van der Waals surface area contributed by atoms with Gasteiger partial charge < -0.3 is 25.2 Å². The van der Waals surface area contributed by atoms with Crippen LogP contribution >= 0.6 is 0 Å². The van der Waals surface area contributed by atoms with Gasteiger partial charge in [0.2, 0.25) is 0 Å². The number of nitrogens with one attached hydrogen (secondary N) is 2. The lowest BCUT2D eigenvalue weighted by Gasteiger charge is -2.28. The van der Waals surface area contributed by atoms with Gasteiger partial charge in [0.05, 0.1) is 30.7 Å². The smallest absolute Gasteiger partial charge is 0.257 e. The van der Waals surface area contributed by atoms with Crippen molar-refractivity contribution >= 4 is 34.6 Å². The molecular formula is C29H35N5O3. The molecule has 0 bridgehead atoms. The molecule has 8 heteroatoms. The summed E-state index contributed by atoms with van der Waals surface area (Å²) in [5.74, 6) is -0.441. The molecular weight excluding hydrogens is 466 g/mol. The third-order valence-corrected chi connectivity index (χ3v) is 6.69. The van der Waals surface area contributed by atoms with E-state index in [1.54, 1.807) is 18.5 Å². The molecule has 1 aromatic heterocycles. The normalized spacial score (nSPS) is 13.2. The van der Waals surface area contributed by atoms with E-state index in [9.17, 15) is 9.59 Å². The highest BCUT2D eigenvalue weighted by atomic mass is 16.5. The molecule has 0 aliphatic carbocycles. The molecule has 1 saturated heterocycles. The first kappa shape index (κ1) is 26.2. The van der Waals surface area contributed by atoms with Crippen molar-refractivity contribution in [3.8, 4) is 0 Å². The average molecular weight is 502 g/mol. The molecule has 2 N–H and O–H groups in total. The summed E-state index contributed by atoms with van der Waals surface area (Å²) in [5.41, 5.74) is 6.15. The lowest BCUT2D eigenvalue weighted by Crippen LogP contribution is -2.36. The highest BCUT2D eigenvalue weighted by Gasteiger charge is 2.16. The van der Waals surface area contributed by atoms with Crippen LogP contribution in [0.3, 0.4) is 0 Å². The number of hydrogen-bond donors (Lipinski definition) is 2.